The number of carbonyl (C=O) groups excluding carboxylic acids is 3. The van der Waals surface area contributed by atoms with Gasteiger partial charge in [0.05, 0.1) is 28.0 Å². The van der Waals surface area contributed by atoms with Crippen molar-refractivity contribution in [1.29, 1.82) is 4.78 Å². The van der Waals surface area contributed by atoms with Gasteiger partial charge in [-0.05, 0) is 54.3 Å². The Morgan fingerprint density at radius 1 is 1.08 bits per heavy atom. The fourth-order valence-corrected chi connectivity index (χ4v) is 6.32. The van der Waals surface area contributed by atoms with E-state index in [2.05, 4.69) is 12.2 Å². The molecule has 1 unspecified atom stereocenters. The summed E-state index contributed by atoms with van der Waals surface area (Å²) in [6.45, 7) is 2.85. The van der Waals surface area contributed by atoms with Crippen LogP contribution < -0.4 is 10.2 Å². The molecule has 37 heavy (non-hydrogen) atoms. The van der Waals surface area contributed by atoms with Gasteiger partial charge in [0, 0.05) is 42.2 Å². The predicted octanol–water partition coefficient (Wildman–Crippen LogP) is 5.03. The van der Waals surface area contributed by atoms with Crippen LogP contribution in [0.15, 0.2) is 35.2 Å². The van der Waals surface area contributed by atoms with Gasteiger partial charge in [-0.3, -0.25) is 4.79 Å². The number of fused-ring (bicyclic) bond motifs is 2. The number of nitrogens with zero attached hydrogens (tertiary/aromatic N) is 2. The van der Waals surface area contributed by atoms with E-state index in [1.807, 2.05) is 0 Å². The van der Waals surface area contributed by atoms with Crippen molar-refractivity contribution in [2.45, 2.75) is 56.9 Å². The first-order chi connectivity index (χ1) is 17.7. The number of ether oxygens (including phenoxy) is 1. The van der Waals surface area contributed by atoms with Crippen LogP contribution in [-0.4, -0.2) is 53.5 Å². The van der Waals surface area contributed by atoms with Gasteiger partial charge < -0.3 is 19.9 Å². The van der Waals surface area contributed by atoms with Crippen LogP contribution in [0.4, 0.5) is 16.2 Å². The Morgan fingerprint density at radius 3 is 2.57 bits per heavy atom. The molecule has 9 nitrogen and oxygen atoms in total. The van der Waals surface area contributed by atoms with Crippen LogP contribution in [-0.2, 0) is 27.4 Å². The fraction of sp³-hybridized carbons (Fsp3) is 0.444. The first-order valence-electron chi connectivity index (χ1n) is 12.6. The second-order valence-corrected chi connectivity index (χ2v) is 11.9. The molecular weight excluding hydrogens is 492 g/mol. The number of nitrogens with one attached hydrogen (secondary N) is 2. The zero-order valence-corrected chi connectivity index (χ0v) is 22.4. The van der Waals surface area contributed by atoms with Crippen molar-refractivity contribution in [3.05, 3.63) is 52.6 Å². The normalized spacial score (nSPS) is 16.0. The van der Waals surface area contributed by atoms with Crippen molar-refractivity contribution < 1.29 is 23.3 Å². The van der Waals surface area contributed by atoms with Crippen LogP contribution in [0.3, 0.4) is 0 Å². The Labute approximate surface area is 218 Å². The van der Waals surface area contributed by atoms with Crippen molar-refractivity contribution in [1.82, 2.24) is 4.90 Å². The van der Waals surface area contributed by atoms with Crippen LogP contribution in [0.2, 0.25) is 0 Å². The highest BCUT2D eigenvalue weighted by atomic mass is 32.2. The molecule has 1 atom stereocenters. The standard InChI is InChI=1S/C27H34N4O5S/c1-4-5-6-7-8-13-37(28,35)20-9-10-24-18(14-20)11-12-31(24)25(32)21-15-19-17-30(2)27(34)29-23(19)16-22(21)26(33)36-3/h9-10,14-16,28H,4-8,11-13,17H2,1-3H3,(H,29,34). The van der Waals surface area contributed by atoms with E-state index in [1.165, 1.54) is 18.1 Å². The molecule has 0 radical (unpaired) electrons. The highest BCUT2D eigenvalue weighted by Gasteiger charge is 2.32. The second-order valence-electron chi connectivity index (χ2n) is 9.62. The molecule has 0 aliphatic carbocycles. The largest absolute Gasteiger partial charge is 0.465 e. The van der Waals surface area contributed by atoms with Crippen LogP contribution in [0, 0.1) is 4.78 Å². The Hall–Kier alpha value is -3.40. The second kappa shape index (κ2) is 10.9. The van der Waals surface area contributed by atoms with Gasteiger partial charge in [-0.25, -0.2) is 18.6 Å². The molecule has 10 heteroatoms. The number of unbranched alkanes of at least 4 members (excludes halogenated alkanes) is 4. The first-order valence-corrected chi connectivity index (χ1v) is 14.4. The lowest BCUT2D eigenvalue weighted by Crippen LogP contribution is -2.36. The topological polar surface area (TPSA) is 120 Å². The Balaban J connectivity index is 1.60. The average molecular weight is 527 g/mol. The van der Waals surface area contributed by atoms with Crippen molar-refractivity contribution in [2.75, 3.05) is 36.7 Å². The number of urea groups is 1. The van der Waals surface area contributed by atoms with Gasteiger partial charge in [-0.15, -0.1) is 0 Å². The molecule has 2 aromatic carbocycles. The van der Waals surface area contributed by atoms with E-state index in [1.54, 1.807) is 36.2 Å². The van der Waals surface area contributed by atoms with Crippen LogP contribution in [0.1, 0.15) is 70.9 Å². The number of hydrogen-bond acceptors (Lipinski definition) is 6. The number of esters is 1. The van der Waals surface area contributed by atoms with E-state index in [-0.39, 0.29) is 23.1 Å². The number of rotatable bonds is 9. The lowest BCUT2D eigenvalue weighted by atomic mass is 9.99. The summed E-state index contributed by atoms with van der Waals surface area (Å²) in [4.78, 5) is 41.9. The molecule has 2 aliphatic rings. The summed E-state index contributed by atoms with van der Waals surface area (Å²) in [5.41, 5.74) is 3.03. The number of benzene rings is 2. The molecule has 2 heterocycles. The molecule has 2 aliphatic heterocycles. The Morgan fingerprint density at radius 2 is 1.84 bits per heavy atom. The molecule has 4 rings (SSSR count). The van der Waals surface area contributed by atoms with Crippen LogP contribution >= 0.6 is 0 Å². The Kier molecular flexibility index (Phi) is 7.87. The molecule has 2 N–H and O–H groups in total. The molecule has 0 fully saturated rings. The lowest BCUT2D eigenvalue weighted by molar-refractivity contribution is 0.0597. The number of anilines is 2. The van der Waals surface area contributed by atoms with E-state index in [0.29, 0.717) is 41.5 Å². The number of hydrogen-bond donors (Lipinski definition) is 2. The van der Waals surface area contributed by atoms with Crippen LogP contribution in [0.25, 0.3) is 0 Å². The number of carbonyl (C=O) groups is 3. The Bertz CT molecular complexity index is 1340. The smallest absolute Gasteiger partial charge is 0.338 e. The molecule has 2 aromatic rings. The van der Waals surface area contributed by atoms with Gasteiger partial charge in [0.1, 0.15) is 0 Å². The minimum atomic E-state index is -2.90. The van der Waals surface area contributed by atoms with Gasteiger partial charge in [-0.2, -0.15) is 0 Å². The van der Waals surface area contributed by atoms with Crippen LogP contribution in [0.5, 0.6) is 0 Å². The minimum Gasteiger partial charge on any atom is -0.465 e. The predicted molar refractivity (Wildman–Crippen MR) is 143 cm³/mol. The maximum Gasteiger partial charge on any atom is 0.338 e. The summed E-state index contributed by atoms with van der Waals surface area (Å²) in [7, 11) is -0.00614. The molecule has 3 amide bonds. The highest BCUT2D eigenvalue weighted by Crippen LogP contribution is 2.34. The zero-order valence-electron chi connectivity index (χ0n) is 21.6. The molecule has 0 bridgehead atoms. The quantitative estimate of drug-likeness (QED) is 0.351. The van der Waals surface area contributed by atoms with Gasteiger partial charge >= 0.3 is 12.0 Å². The lowest BCUT2D eigenvalue weighted by Gasteiger charge is -2.27. The van der Waals surface area contributed by atoms with Gasteiger partial charge in [0.15, 0.2) is 0 Å². The monoisotopic (exact) mass is 526 g/mol. The number of amides is 3. The average Bonchev–Trinajstić information content (AvgIpc) is 3.31. The van der Waals surface area contributed by atoms with Crippen molar-refractivity contribution in [3.63, 3.8) is 0 Å². The van der Waals surface area contributed by atoms with E-state index in [0.717, 1.165) is 43.2 Å². The summed E-state index contributed by atoms with van der Waals surface area (Å²) in [5.74, 6) is -0.681. The molecule has 0 aromatic heterocycles. The highest BCUT2D eigenvalue weighted by molar-refractivity contribution is 7.92. The molecule has 0 saturated carbocycles. The SMILES string of the molecule is CCCCCCCS(=N)(=O)c1ccc2c(c1)CCN2C(=O)c1cc2c(cc1C(=O)OC)NC(=O)N(C)C2. The van der Waals surface area contributed by atoms with E-state index >= 15 is 0 Å². The zero-order chi connectivity index (χ0) is 26.7. The molecular formula is C27H34N4O5S. The summed E-state index contributed by atoms with van der Waals surface area (Å²) in [6, 6.07) is 8.08. The maximum atomic E-state index is 13.7. The third-order valence-corrected chi connectivity index (χ3v) is 8.86. The third kappa shape index (κ3) is 5.49. The van der Waals surface area contributed by atoms with Crippen molar-refractivity contribution in [2.24, 2.45) is 0 Å². The molecule has 0 saturated heterocycles. The van der Waals surface area contributed by atoms with Gasteiger partial charge in [-0.1, -0.05) is 32.6 Å². The van der Waals surface area contributed by atoms with Gasteiger partial charge in [0.25, 0.3) is 5.91 Å². The summed E-state index contributed by atoms with van der Waals surface area (Å²) < 4.78 is 26.5. The van der Waals surface area contributed by atoms with Crippen molar-refractivity contribution in [3.8, 4) is 0 Å². The summed E-state index contributed by atoms with van der Waals surface area (Å²) >= 11 is 0. The molecule has 0 spiro atoms. The summed E-state index contributed by atoms with van der Waals surface area (Å²) in [6.07, 6.45) is 5.67. The maximum absolute atomic E-state index is 13.7. The first kappa shape index (κ1) is 26.7. The minimum absolute atomic E-state index is 0.0819. The van der Waals surface area contributed by atoms with Crippen molar-refractivity contribution >= 4 is 39.0 Å². The van der Waals surface area contributed by atoms with E-state index in [4.69, 9.17) is 9.52 Å². The van der Waals surface area contributed by atoms with E-state index in [9.17, 15) is 18.6 Å². The third-order valence-electron chi connectivity index (χ3n) is 6.98. The van der Waals surface area contributed by atoms with Gasteiger partial charge in [0.2, 0.25) is 0 Å². The number of methoxy groups -OCH3 is 1. The molecule has 198 valence electrons. The summed E-state index contributed by atoms with van der Waals surface area (Å²) in [5, 5.41) is 2.73. The fourth-order valence-electron chi connectivity index (χ4n) is 4.85. The van der Waals surface area contributed by atoms with E-state index < -0.39 is 15.7 Å².